The van der Waals surface area contributed by atoms with Crippen LogP contribution in [-0.2, 0) is 0 Å². The molecule has 2 N–H and O–H groups in total. The summed E-state index contributed by atoms with van der Waals surface area (Å²) in [5.74, 6) is 1.99. The van der Waals surface area contributed by atoms with Gasteiger partial charge in [0.25, 0.3) is 0 Å². The van der Waals surface area contributed by atoms with Crippen LogP contribution in [0, 0.1) is 5.92 Å². The Morgan fingerprint density at radius 3 is 2.85 bits per heavy atom. The van der Waals surface area contributed by atoms with Crippen LogP contribution in [0.3, 0.4) is 0 Å². The predicted molar refractivity (Wildman–Crippen MR) is 131 cm³/mol. The van der Waals surface area contributed by atoms with Gasteiger partial charge in [-0.1, -0.05) is 0 Å². The molecule has 0 unspecified atom stereocenters. The standard InChI is InChI=1S/C24H23N7OS/c1-14(17-10-31(2)11-17)32-21-6-15(16-8-28-29-9-16)5-20-23(21)24(26-12-25-20)30-18-3-4-19-22(7-18)33-13-27-19/h3-9,12-14,17H,10-11H2,1-2H3,(H,28,29)(H,25,26,30)/t14-/m0/s1. The Morgan fingerprint density at radius 1 is 1.12 bits per heavy atom. The second-order valence-corrected chi connectivity index (χ2v) is 9.43. The maximum Gasteiger partial charge on any atom is 0.145 e. The van der Waals surface area contributed by atoms with Gasteiger partial charge in [-0.2, -0.15) is 5.10 Å². The summed E-state index contributed by atoms with van der Waals surface area (Å²) in [6.45, 7) is 4.22. The average molecular weight is 458 g/mol. The summed E-state index contributed by atoms with van der Waals surface area (Å²) in [6.07, 6.45) is 5.34. The highest BCUT2D eigenvalue weighted by atomic mass is 32.1. The van der Waals surface area contributed by atoms with Crippen LogP contribution in [0.15, 0.2) is 54.6 Å². The molecule has 3 aromatic heterocycles. The summed E-state index contributed by atoms with van der Waals surface area (Å²) in [6, 6.07) is 10.2. The molecule has 0 aliphatic carbocycles. The Hall–Kier alpha value is -3.56. The first-order valence-electron chi connectivity index (χ1n) is 10.9. The third kappa shape index (κ3) is 3.79. The number of thiazole rings is 1. The van der Waals surface area contributed by atoms with Crippen LogP contribution < -0.4 is 10.1 Å². The van der Waals surface area contributed by atoms with Gasteiger partial charge in [0, 0.05) is 36.5 Å². The number of benzene rings is 2. The fraction of sp³-hybridized carbons (Fsp3) is 0.250. The molecule has 5 aromatic rings. The van der Waals surface area contributed by atoms with Crippen molar-refractivity contribution in [2.75, 3.05) is 25.5 Å². The minimum Gasteiger partial charge on any atom is -0.489 e. The number of ether oxygens (including phenoxy) is 1. The van der Waals surface area contributed by atoms with E-state index in [-0.39, 0.29) is 6.10 Å². The molecule has 1 atom stereocenters. The Labute approximate surface area is 194 Å². The molecule has 1 aliphatic heterocycles. The summed E-state index contributed by atoms with van der Waals surface area (Å²) >= 11 is 1.62. The Morgan fingerprint density at radius 2 is 2.03 bits per heavy atom. The van der Waals surface area contributed by atoms with Crippen LogP contribution in [0.2, 0.25) is 0 Å². The second-order valence-electron chi connectivity index (χ2n) is 8.54. The van der Waals surface area contributed by atoms with Gasteiger partial charge in [-0.3, -0.25) is 5.10 Å². The van der Waals surface area contributed by atoms with Crippen LogP contribution in [0.1, 0.15) is 6.92 Å². The first kappa shape index (κ1) is 20.1. The highest BCUT2D eigenvalue weighted by Crippen LogP contribution is 2.38. The number of H-pyrrole nitrogens is 1. The zero-order chi connectivity index (χ0) is 22.4. The summed E-state index contributed by atoms with van der Waals surface area (Å²) in [5.41, 5.74) is 6.60. The molecule has 8 nitrogen and oxygen atoms in total. The lowest BCUT2D eigenvalue weighted by molar-refractivity contribution is 0.0358. The maximum atomic E-state index is 6.57. The molecular weight excluding hydrogens is 434 g/mol. The van der Waals surface area contributed by atoms with Crippen molar-refractivity contribution in [1.29, 1.82) is 0 Å². The van der Waals surface area contributed by atoms with Crippen molar-refractivity contribution in [3.63, 3.8) is 0 Å². The number of aromatic nitrogens is 5. The smallest absolute Gasteiger partial charge is 0.145 e. The van der Waals surface area contributed by atoms with Gasteiger partial charge >= 0.3 is 0 Å². The van der Waals surface area contributed by atoms with Crippen LogP contribution in [-0.4, -0.2) is 56.3 Å². The van der Waals surface area contributed by atoms with Gasteiger partial charge in [-0.05, 0) is 49.9 Å². The fourth-order valence-corrected chi connectivity index (χ4v) is 5.04. The van der Waals surface area contributed by atoms with Crippen LogP contribution in [0.25, 0.3) is 32.2 Å². The van der Waals surface area contributed by atoms with Gasteiger partial charge < -0.3 is 15.0 Å². The van der Waals surface area contributed by atoms with E-state index in [4.69, 9.17) is 4.74 Å². The van der Waals surface area contributed by atoms with Crippen molar-refractivity contribution in [1.82, 2.24) is 30.0 Å². The molecule has 9 heteroatoms. The molecule has 0 amide bonds. The van der Waals surface area contributed by atoms with E-state index < -0.39 is 0 Å². The number of likely N-dealkylation sites (tertiary alicyclic amines) is 1. The number of fused-ring (bicyclic) bond motifs is 2. The lowest BCUT2D eigenvalue weighted by atomic mass is 9.95. The van der Waals surface area contributed by atoms with Gasteiger partial charge in [0.1, 0.15) is 24.0 Å². The van der Waals surface area contributed by atoms with Crippen molar-refractivity contribution in [3.8, 4) is 16.9 Å². The lowest BCUT2D eigenvalue weighted by Gasteiger charge is -2.39. The summed E-state index contributed by atoms with van der Waals surface area (Å²) in [4.78, 5) is 15.8. The number of hydrogen-bond donors (Lipinski definition) is 2. The molecule has 6 rings (SSSR count). The predicted octanol–water partition coefficient (Wildman–Crippen LogP) is 4.70. The number of aromatic amines is 1. The van der Waals surface area contributed by atoms with Crippen molar-refractivity contribution in [2.24, 2.45) is 5.92 Å². The van der Waals surface area contributed by atoms with Gasteiger partial charge in [0.15, 0.2) is 0 Å². The lowest BCUT2D eigenvalue weighted by Crippen LogP contribution is -2.50. The average Bonchev–Trinajstić information content (AvgIpc) is 3.48. The van der Waals surface area contributed by atoms with Crippen LogP contribution >= 0.6 is 11.3 Å². The van der Waals surface area contributed by atoms with Crippen molar-refractivity contribution < 1.29 is 4.74 Å². The third-order valence-corrected chi connectivity index (χ3v) is 6.99. The molecular formula is C24H23N7OS. The van der Waals surface area contributed by atoms with E-state index in [1.54, 1.807) is 23.9 Å². The zero-order valence-corrected chi connectivity index (χ0v) is 19.1. The quantitative estimate of drug-likeness (QED) is 0.382. The van der Waals surface area contributed by atoms with E-state index in [9.17, 15) is 0 Å². The number of rotatable bonds is 6. The van der Waals surface area contributed by atoms with E-state index in [2.05, 4.69) is 61.5 Å². The van der Waals surface area contributed by atoms with Crippen molar-refractivity contribution in [2.45, 2.75) is 13.0 Å². The van der Waals surface area contributed by atoms with Gasteiger partial charge in [-0.25, -0.2) is 15.0 Å². The first-order valence-corrected chi connectivity index (χ1v) is 11.8. The molecule has 1 saturated heterocycles. The summed E-state index contributed by atoms with van der Waals surface area (Å²) in [7, 11) is 2.13. The molecule has 33 heavy (non-hydrogen) atoms. The third-order valence-electron chi connectivity index (χ3n) is 6.20. The summed E-state index contributed by atoms with van der Waals surface area (Å²) < 4.78 is 7.69. The largest absolute Gasteiger partial charge is 0.489 e. The summed E-state index contributed by atoms with van der Waals surface area (Å²) in [5, 5.41) is 11.3. The van der Waals surface area contributed by atoms with Gasteiger partial charge in [0.05, 0.1) is 32.8 Å². The van der Waals surface area contributed by atoms with Gasteiger partial charge in [0.2, 0.25) is 0 Å². The molecule has 1 fully saturated rings. The Bertz CT molecular complexity index is 1430. The molecule has 166 valence electrons. The molecule has 0 bridgehead atoms. The minimum absolute atomic E-state index is 0.0746. The Balaban J connectivity index is 1.43. The van der Waals surface area contributed by atoms with E-state index in [0.717, 1.165) is 62.6 Å². The van der Waals surface area contributed by atoms with Crippen molar-refractivity contribution in [3.05, 3.63) is 54.6 Å². The monoisotopic (exact) mass is 457 g/mol. The van der Waals surface area contributed by atoms with Crippen LogP contribution in [0.5, 0.6) is 5.75 Å². The van der Waals surface area contributed by atoms with E-state index in [0.29, 0.717) is 5.92 Å². The van der Waals surface area contributed by atoms with Crippen LogP contribution in [0.4, 0.5) is 11.5 Å². The number of nitrogens with zero attached hydrogens (tertiary/aromatic N) is 5. The second kappa shape index (κ2) is 8.09. The fourth-order valence-electron chi connectivity index (χ4n) is 4.33. The van der Waals surface area contributed by atoms with E-state index >= 15 is 0 Å². The normalized spacial score (nSPS) is 15.6. The molecule has 0 spiro atoms. The molecule has 1 aliphatic rings. The molecule has 0 saturated carbocycles. The molecule has 0 radical (unpaired) electrons. The van der Waals surface area contributed by atoms with Crippen molar-refractivity contribution >= 4 is 44.0 Å². The number of nitrogens with one attached hydrogen (secondary N) is 2. The zero-order valence-electron chi connectivity index (χ0n) is 18.3. The highest BCUT2D eigenvalue weighted by molar-refractivity contribution is 7.16. The number of hydrogen-bond acceptors (Lipinski definition) is 8. The molecule has 4 heterocycles. The topological polar surface area (TPSA) is 91.8 Å². The maximum absolute atomic E-state index is 6.57. The molecule has 2 aromatic carbocycles. The van der Waals surface area contributed by atoms with E-state index in [1.165, 1.54) is 0 Å². The first-order chi connectivity index (χ1) is 16.1. The minimum atomic E-state index is 0.0746. The van der Waals surface area contributed by atoms with Gasteiger partial charge in [-0.15, -0.1) is 11.3 Å². The number of anilines is 2. The highest BCUT2D eigenvalue weighted by Gasteiger charge is 2.30. The Kier molecular flexibility index (Phi) is 4.92. The SMILES string of the molecule is C[C@H](Oc1cc(-c2cn[nH]c2)cc2ncnc(Nc3ccc4ncsc4c3)c12)C1CN(C)C1. The van der Waals surface area contributed by atoms with E-state index in [1.807, 2.05) is 29.9 Å².